The van der Waals surface area contributed by atoms with Crippen LogP contribution in [0.25, 0.3) is 0 Å². The molecule has 0 spiro atoms. The first kappa shape index (κ1) is 15.8. The molecule has 1 fully saturated rings. The van der Waals surface area contributed by atoms with Crippen LogP contribution >= 0.6 is 0 Å². The lowest BCUT2D eigenvalue weighted by molar-refractivity contribution is -0.147. The number of methoxy groups -OCH3 is 1. The lowest BCUT2D eigenvalue weighted by Crippen LogP contribution is -2.26. The zero-order valence-corrected chi connectivity index (χ0v) is 12.8. The van der Waals surface area contributed by atoms with Crippen LogP contribution in [-0.4, -0.2) is 25.8 Å². The van der Waals surface area contributed by atoms with E-state index >= 15 is 0 Å². The van der Waals surface area contributed by atoms with Gasteiger partial charge in [-0.3, -0.25) is 4.79 Å². The van der Waals surface area contributed by atoms with Crippen molar-refractivity contribution in [3.63, 3.8) is 0 Å². The fourth-order valence-electron chi connectivity index (χ4n) is 2.76. The number of hydrogen-bond acceptors (Lipinski definition) is 4. The Labute approximate surface area is 126 Å². The summed E-state index contributed by atoms with van der Waals surface area (Å²) in [7, 11) is 1.45. The molecule has 0 amide bonds. The molecule has 1 aromatic carbocycles. The molecular formula is C17H24O4. The second kappa shape index (κ2) is 8.03. The lowest BCUT2D eigenvalue weighted by Gasteiger charge is -2.27. The molecular weight excluding hydrogens is 268 g/mol. The summed E-state index contributed by atoms with van der Waals surface area (Å²) in [6.45, 7) is 3.19. The van der Waals surface area contributed by atoms with Crippen LogP contribution in [0.3, 0.4) is 0 Å². The molecule has 1 aliphatic carbocycles. The van der Waals surface area contributed by atoms with Crippen molar-refractivity contribution in [3.8, 4) is 5.75 Å². The highest BCUT2D eigenvalue weighted by atomic mass is 16.5. The van der Waals surface area contributed by atoms with Gasteiger partial charge in [0, 0.05) is 5.56 Å². The number of esters is 1. The summed E-state index contributed by atoms with van der Waals surface area (Å²) in [4.78, 5) is 11.5. The predicted octanol–water partition coefficient (Wildman–Crippen LogP) is 3.33. The number of benzene rings is 1. The van der Waals surface area contributed by atoms with Crippen molar-refractivity contribution in [2.24, 2.45) is 5.92 Å². The lowest BCUT2D eigenvalue weighted by atomic mass is 9.87. The van der Waals surface area contributed by atoms with Crippen molar-refractivity contribution in [1.29, 1.82) is 0 Å². The van der Waals surface area contributed by atoms with Gasteiger partial charge in [-0.05, 0) is 38.7 Å². The summed E-state index contributed by atoms with van der Waals surface area (Å²) in [6.07, 6.45) is 3.75. The van der Waals surface area contributed by atoms with Crippen LogP contribution in [0.2, 0.25) is 0 Å². The van der Waals surface area contributed by atoms with Gasteiger partial charge in [0.15, 0.2) is 0 Å². The highest BCUT2D eigenvalue weighted by molar-refractivity contribution is 5.72. The third-order valence-electron chi connectivity index (χ3n) is 3.96. The van der Waals surface area contributed by atoms with Crippen molar-refractivity contribution in [2.45, 2.75) is 45.3 Å². The molecule has 4 nitrogen and oxygen atoms in total. The Morgan fingerprint density at radius 2 is 1.90 bits per heavy atom. The Morgan fingerprint density at radius 1 is 1.19 bits per heavy atom. The third-order valence-corrected chi connectivity index (χ3v) is 3.96. The van der Waals surface area contributed by atoms with Crippen molar-refractivity contribution in [3.05, 3.63) is 29.8 Å². The van der Waals surface area contributed by atoms with E-state index in [0.29, 0.717) is 13.2 Å². The molecule has 0 bridgehead atoms. The zero-order valence-electron chi connectivity index (χ0n) is 12.8. The summed E-state index contributed by atoms with van der Waals surface area (Å²) in [5, 5.41) is 0. The van der Waals surface area contributed by atoms with Gasteiger partial charge < -0.3 is 14.2 Å². The largest absolute Gasteiger partial charge is 0.494 e. The highest BCUT2D eigenvalue weighted by Crippen LogP contribution is 2.28. The molecule has 4 heteroatoms. The second-order valence-electron chi connectivity index (χ2n) is 5.35. The Kier molecular flexibility index (Phi) is 6.05. The summed E-state index contributed by atoms with van der Waals surface area (Å²) < 4.78 is 16.4. The van der Waals surface area contributed by atoms with Crippen LogP contribution in [-0.2, 0) is 20.9 Å². The van der Waals surface area contributed by atoms with Gasteiger partial charge in [0.05, 0.1) is 32.3 Å². The Hall–Kier alpha value is -1.55. The van der Waals surface area contributed by atoms with Gasteiger partial charge in [-0.15, -0.1) is 0 Å². The first-order valence-corrected chi connectivity index (χ1v) is 7.64. The number of carbonyl (C=O) groups is 1. The monoisotopic (exact) mass is 292 g/mol. The van der Waals surface area contributed by atoms with E-state index in [-0.39, 0.29) is 18.0 Å². The zero-order chi connectivity index (χ0) is 15.1. The van der Waals surface area contributed by atoms with Crippen molar-refractivity contribution < 1.29 is 19.0 Å². The number of ether oxygens (including phenoxy) is 3. The fraction of sp³-hybridized carbons (Fsp3) is 0.588. The van der Waals surface area contributed by atoms with E-state index in [9.17, 15) is 4.79 Å². The number of hydrogen-bond donors (Lipinski definition) is 0. The Balaban J connectivity index is 1.81. The molecule has 1 saturated carbocycles. The number of carbonyl (C=O) groups excluding carboxylic acids is 1. The standard InChI is InChI=1S/C17H24O4/c1-3-20-16-7-5-4-6-14(16)12-21-15-10-8-13(9-11-15)17(18)19-2/h4-7,13,15H,3,8-12H2,1-2H3. The smallest absolute Gasteiger partial charge is 0.308 e. The molecule has 1 aromatic rings. The average molecular weight is 292 g/mol. The molecule has 0 radical (unpaired) electrons. The first-order chi connectivity index (χ1) is 10.2. The SMILES string of the molecule is CCOc1ccccc1COC1CCC(C(=O)OC)CC1. The van der Waals surface area contributed by atoms with Gasteiger partial charge in [0.1, 0.15) is 5.75 Å². The van der Waals surface area contributed by atoms with Crippen LogP contribution in [0.4, 0.5) is 0 Å². The molecule has 0 aliphatic heterocycles. The van der Waals surface area contributed by atoms with Gasteiger partial charge in [-0.25, -0.2) is 0 Å². The molecule has 0 atom stereocenters. The molecule has 0 heterocycles. The van der Waals surface area contributed by atoms with Crippen LogP contribution in [0.1, 0.15) is 38.2 Å². The predicted molar refractivity (Wildman–Crippen MR) is 80.2 cm³/mol. The van der Waals surface area contributed by atoms with Crippen molar-refractivity contribution in [2.75, 3.05) is 13.7 Å². The number of rotatable bonds is 6. The maximum Gasteiger partial charge on any atom is 0.308 e. The summed E-state index contributed by atoms with van der Waals surface area (Å²) in [6, 6.07) is 7.97. The summed E-state index contributed by atoms with van der Waals surface area (Å²) in [5.74, 6) is 0.851. The van der Waals surface area contributed by atoms with Crippen LogP contribution in [0.15, 0.2) is 24.3 Å². The molecule has 2 rings (SSSR count). The second-order valence-corrected chi connectivity index (χ2v) is 5.35. The Morgan fingerprint density at radius 3 is 2.57 bits per heavy atom. The molecule has 0 unspecified atom stereocenters. The third kappa shape index (κ3) is 4.46. The minimum atomic E-state index is -0.0878. The van der Waals surface area contributed by atoms with Gasteiger partial charge in [-0.1, -0.05) is 18.2 Å². The van der Waals surface area contributed by atoms with Crippen molar-refractivity contribution in [1.82, 2.24) is 0 Å². The van der Waals surface area contributed by atoms with Crippen LogP contribution < -0.4 is 4.74 Å². The minimum absolute atomic E-state index is 0.0468. The van der Waals surface area contributed by atoms with Gasteiger partial charge in [0.25, 0.3) is 0 Å². The molecule has 116 valence electrons. The molecule has 0 N–H and O–H groups in total. The normalized spacial score (nSPS) is 21.8. The molecule has 21 heavy (non-hydrogen) atoms. The summed E-state index contributed by atoms with van der Waals surface area (Å²) in [5.41, 5.74) is 1.08. The molecule has 0 saturated heterocycles. The van der Waals surface area contributed by atoms with E-state index in [1.54, 1.807) is 0 Å². The maximum atomic E-state index is 11.5. The average Bonchev–Trinajstić information content (AvgIpc) is 2.54. The topological polar surface area (TPSA) is 44.8 Å². The fourth-order valence-corrected chi connectivity index (χ4v) is 2.76. The highest BCUT2D eigenvalue weighted by Gasteiger charge is 2.27. The molecule has 0 aromatic heterocycles. The van der Waals surface area contributed by atoms with Crippen LogP contribution in [0.5, 0.6) is 5.75 Å². The van der Waals surface area contributed by atoms with Gasteiger partial charge in [0.2, 0.25) is 0 Å². The maximum absolute atomic E-state index is 11.5. The Bertz CT molecular complexity index is 450. The number of para-hydroxylation sites is 1. The first-order valence-electron chi connectivity index (χ1n) is 7.64. The molecule has 1 aliphatic rings. The van der Waals surface area contributed by atoms with E-state index in [2.05, 4.69) is 0 Å². The minimum Gasteiger partial charge on any atom is -0.494 e. The van der Waals surface area contributed by atoms with E-state index in [1.807, 2.05) is 31.2 Å². The van der Waals surface area contributed by atoms with Gasteiger partial charge in [-0.2, -0.15) is 0 Å². The van der Waals surface area contributed by atoms with Crippen molar-refractivity contribution >= 4 is 5.97 Å². The van der Waals surface area contributed by atoms with E-state index in [0.717, 1.165) is 37.0 Å². The quantitative estimate of drug-likeness (QED) is 0.754. The van der Waals surface area contributed by atoms with Crippen LogP contribution in [0, 0.1) is 5.92 Å². The van der Waals surface area contributed by atoms with Gasteiger partial charge >= 0.3 is 5.97 Å². The van der Waals surface area contributed by atoms with E-state index in [1.165, 1.54) is 7.11 Å². The van der Waals surface area contributed by atoms with E-state index in [4.69, 9.17) is 14.2 Å². The van der Waals surface area contributed by atoms with E-state index < -0.39 is 0 Å². The summed E-state index contributed by atoms with van der Waals surface area (Å²) >= 11 is 0.